The van der Waals surface area contributed by atoms with Gasteiger partial charge in [-0.2, -0.15) is 13.2 Å². The van der Waals surface area contributed by atoms with Crippen LogP contribution in [0.25, 0.3) is 5.69 Å². The molecule has 1 amide bonds. The highest BCUT2D eigenvalue weighted by Gasteiger charge is 2.33. The van der Waals surface area contributed by atoms with Gasteiger partial charge in [0.25, 0.3) is 0 Å². The van der Waals surface area contributed by atoms with Crippen LogP contribution in [-0.2, 0) is 11.0 Å². The van der Waals surface area contributed by atoms with Crippen molar-refractivity contribution in [1.29, 1.82) is 0 Å². The molecule has 0 fully saturated rings. The molecular weight excluding hydrogens is 371 g/mol. The number of halogens is 3. The van der Waals surface area contributed by atoms with E-state index < -0.39 is 11.7 Å². The number of nitrogens with one attached hydrogen (secondary N) is 1. The van der Waals surface area contributed by atoms with Crippen molar-refractivity contribution >= 4 is 11.7 Å². The number of carbonyl (C=O) groups is 1. The molecular formula is C20H16F3N3O2. The molecule has 8 heteroatoms. The Labute approximate surface area is 158 Å². The molecule has 3 aromatic rings. The number of nitrogens with zero attached hydrogens (tertiary/aromatic N) is 2. The van der Waals surface area contributed by atoms with E-state index in [1.807, 2.05) is 12.1 Å². The van der Waals surface area contributed by atoms with E-state index in [1.54, 1.807) is 25.3 Å². The Balaban J connectivity index is 1.77. The van der Waals surface area contributed by atoms with Gasteiger partial charge in [0.15, 0.2) is 0 Å². The highest BCUT2D eigenvalue weighted by atomic mass is 19.4. The molecule has 2 aromatic carbocycles. The van der Waals surface area contributed by atoms with E-state index in [4.69, 9.17) is 4.74 Å². The largest absolute Gasteiger partial charge is 0.497 e. The summed E-state index contributed by atoms with van der Waals surface area (Å²) in [6.45, 7) is 0. The van der Waals surface area contributed by atoms with Crippen molar-refractivity contribution < 1.29 is 22.7 Å². The summed E-state index contributed by atoms with van der Waals surface area (Å²) in [4.78, 5) is 16.7. The Morgan fingerprint density at radius 2 is 1.93 bits per heavy atom. The lowest BCUT2D eigenvalue weighted by molar-refractivity contribution is -0.137. The van der Waals surface area contributed by atoms with Gasteiger partial charge < -0.3 is 10.1 Å². The summed E-state index contributed by atoms with van der Waals surface area (Å²) in [7, 11) is 1.57. The standard InChI is InChI=1S/C20H16F3N3O2/c1-28-15-7-5-12(6-8-15)16-10-17(27)25-19-18(16)24-11-26(19)14-4-2-3-13(9-14)20(21,22)23/h2-9,11,16H,10H2,1H3,(H,25,27). The number of amides is 1. The van der Waals surface area contributed by atoms with Crippen molar-refractivity contribution in [2.75, 3.05) is 12.4 Å². The third kappa shape index (κ3) is 3.21. The van der Waals surface area contributed by atoms with Gasteiger partial charge in [-0.05, 0) is 35.9 Å². The summed E-state index contributed by atoms with van der Waals surface area (Å²) in [6.07, 6.45) is -2.81. The molecule has 5 nitrogen and oxygen atoms in total. The van der Waals surface area contributed by atoms with E-state index in [1.165, 1.54) is 17.0 Å². The summed E-state index contributed by atoms with van der Waals surface area (Å²) in [5, 5.41) is 2.74. The molecule has 1 aliphatic rings. The van der Waals surface area contributed by atoms with Gasteiger partial charge in [0.1, 0.15) is 17.9 Å². The molecule has 0 saturated carbocycles. The summed E-state index contributed by atoms with van der Waals surface area (Å²) in [5.74, 6) is 0.568. The Kier molecular flexibility index (Phi) is 4.33. The fourth-order valence-electron chi connectivity index (χ4n) is 3.35. The predicted molar refractivity (Wildman–Crippen MR) is 96.6 cm³/mol. The minimum Gasteiger partial charge on any atom is -0.497 e. The molecule has 2 heterocycles. The smallest absolute Gasteiger partial charge is 0.416 e. The van der Waals surface area contributed by atoms with Crippen molar-refractivity contribution in [3.05, 3.63) is 71.7 Å². The van der Waals surface area contributed by atoms with E-state index in [9.17, 15) is 18.0 Å². The molecule has 28 heavy (non-hydrogen) atoms. The first-order valence-electron chi connectivity index (χ1n) is 8.55. The maximum Gasteiger partial charge on any atom is 0.416 e. The monoisotopic (exact) mass is 387 g/mol. The first kappa shape index (κ1) is 18.1. The molecule has 1 atom stereocenters. The Morgan fingerprint density at radius 1 is 1.18 bits per heavy atom. The van der Waals surface area contributed by atoms with Crippen LogP contribution < -0.4 is 10.1 Å². The van der Waals surface area contributed by atoms with Crippen molar-refractivity contribution in [3.63, 3.8) is 0 Å². The lowest BCUT2D eigenvalue weighted by Crippen LogP contribution is -2.25. The normalized spacial score (nSPS) is 16.4. The Hall–Kier alpha value is -3.29. The van der Waals surface area contributed by atoms with Crippen LogP contribution in [0.5, 0.6) is 5.75 Å². The van der Waals surface area contributed by atoms with E-state index in [-0.39, 0.29) is 23.9 Å². The van der Waals surface area contributed by atoms with Gasteiger partial charge in [-0.15, -0.1) is 0 Å². The van der Waals surface area contributed by atoms with Gasteiger partial charge in [0, 0.05) is 18.0 Å². The number of rotatable bonds is 3. The van der Waals surface area contributed by atoms with Crippen LogP contribution in [0.4, 0.5) is 19.0 Å². The molecule has 1 aromatic heterocycles. The molecule has 144 valence electrons. The van der Waals surface area contributed by atoms with E-state index in [2.05, 4.69) is 10.3 Å². The van der Waals surface area contributed by atoms with Crippen molar-refractivity contribution in [2.45, 2.75) is 18.5 Å². The van der Waals surface area contributed by atoms with Gasteiger partial charge in [-0.3, -0.25) is 9.36 Å². The van der Waals surface area contributed by atoms with Crippen LogP contribution in [-0.4, -0.2) is 22.6 Å². The molecule has 1 aliphatic heterocycles. The summed E-state index contributed by atoms with van der Waals surface area (Å²) in [6, 6.07) is 12.2. The van der Waals surface area contributed by atoms with Gasteiger partial charge in [-0.1, -0.05) is 18.2 Å². The average molecular weight is 387 g/mol. The lowest BCUT2D eigenvalue weighted by Gasteiger charge is -2.23. The molecule has 0 spiro atoms. The van der Waals surface area contributed by atoms with Crippen molar-refractivity contribution in [3.8, 4) is 11.4 Å². The molecule has 4 rings (SSSR count). The minimum absolute atomic E-state index is 0.207. The van der Waals surface area contributed by atoms with Crippen LogP contribution in [0.2, 0.25) is 0 Å². The number of aromatic nitrogens is 2. The summed E-state index contributed by atoms with van der Waals surface area (Å²) >= 11 is 0. The number of carbonyl (C=O) groups excluding carboxylic acids is 1. The second-order valence-corrected chi connectivity index (χ2v) is 6.47. The zero-order valence-electron chi connectivity index (χ0n) is 14.8. The van der Waals surface area contributed by atoms with Crippen LogP contribution >= 0.6 is 0 Å². The molecule has 0 aliphatic carbocycles. The minimum atomic E-state index is -4.45. The van der Waals surface area contributed by atoms with Crippen molar-refractivity contribution in [2.24, 2.45) is 0 Å². The van der Waals surface area contributed by atoms with E-state index in [0.717, 1.165) is 17.7 Å². The number of alkyl halides is 3. The zero-order valence-corrected chi connectivity index (χ0v) is 14.8. The highest BCUT2D eigenvalue weighted by molar-refractivity contribution is 5.94. The first-order chi connectivity index (χ1) is 13.4. The van der Waals surface area contributed by atoms with E-state index >= 15 is 0 Å². The van der Waals surface area contributed by atoms with Gasteiger partial charge in [0.05, 0.1) is 18.4 Å². The maximum atomic E-state index is 13.1. The third-order valence-corrected chi connectivity index (χ3v) is 4.74. The molecule has 1 N–H and O–H groups in total. The van der Waals surface area contributed by atoms with Crippen LogP contribution in [0.3, 0.4) is 0 Å². The highest BCUT2D eigenvalue weighted by Crippen LogP contribution is 2.38. The van der Waals surface area contributed by atoms with Crippen molar-refractivity contribution in [1.82, 2.24) is 9.55 Å². The first-order valence-corrected chi connectivity index (χ1v) is 8.55. The Bertz CT molecular complexity index is 1030. The van der Waals surface area contributed by atoms with Gasteiger partial charge >= 0.3 is 6.18 Å². The molecule has 0 bridgehead atoms. The number of hydrogen-bond donors (Lipinski definition) is 1. The number of anilines is 1. The number of imidazole rings is 1. The topological polar surface area (TPSA) is 56.1 Å². The molecule has 0 saturated heterocycles. The second-order valence-electron chi connectivity index (χ2n) is 6.47. The van der Waals surface area contributed by atoms with Crippen LogP contribution in [0, 0.1) is 0 Å². The molecule has 1 unspecified atom stereocenters. The van der Waals surface area contributed by atoms with Crippen LogP contribution in [0.1, 0.15) is 29.2 Å². The quantitative estimate of drug-likeness (QED) is 0.726. The van der Waals surface area contributed by atoms with Gasteiger partial charge in [0.2, 0.25) is 5.91 Å². The number of methoxy groups -OCH3 is 1. The fraction of sp³-hybridized carbons (Fsp3) is 0.200. The molecule has 0 radical (unpaired) electrons. The van der Waals surface area contributed by atoms with Gasteiger partial charge in [-0.25, -0.2) is 4.98 Å². The maximum absolute atomic E-state index is 13.1. The second kappa shape index (κ2) is 6.70. The number of benzene rings is 2. The number of hydrogen-bond acceptors (Lipinski definition) is 3. The SMILES string of the molecule is COc1ccc(C2CC(=O)Nc3c2ncn3-c2cccc(C(F)(F)F)c2)cc1. The van der Waals surface area contributed by atoms with Crippen LogP contribution in [0.15, 0.2) is 54.9 Å². The van der Waals surface area contributed by atoms with E-state index in [0.29, 0.717) is 17.3 Å². The predicted octanol–water partition coefficient (Wildman–Crippen LogP) is 4.37. The third-order valence-electron chi connectivity index (χ3n) is 4.74. The average Bonchev–Trinajstić information content (AvgIpc) is 3.10. The summed E-state index contributed by atoms with van der Waals surface area (Å²) < 4.78 is 45.8. The Morgan fingerprint density at radius 3 is 2.61 bits per heavy atom. The number of ether oxygens (including phenoxy) is 1. The fourth-order valence-corrected chi connectivity index (χ4v) is 3.35. The lowest BCUT2D eigenvalue weighted by atomic mass is 9.90. The zero-order chi connectivity index (χ0) is 19.9. The summed E-state index contributed by atoms with van der Waals surface area (Å²) in [5.41, 5.74) is 1.01. The number of fused-ring (bicyclic) bond motifs is 1.